The Hall–Kier alpha value is -1.44. The number of amides is 1. The van der Waals surface area contributed by atoms with Crippen LogP contribution in [0.2, 0.25) is 0 Å². The minimum atomic E-state index is -3.22. The topological polar surface area (TPSA) is 69.7 Å². The van der Waals surface area contributed by atoms with Crippen LogP contribution in [0.15, 0.2) is 30.3 Å². The molecule has 6 nitrogen and oxygen atoms in total. The van der Waals surface area contributed by atoms with Gasteiger partial charge in [-0.25, -0.2) is 12.7 Å². The van der Waals surface area contributed by atoms with E-state index in [2.05, 4.69) is 17.1 Å². The second-order valence-electron chi connectivity index (χ2n) is 8.55. The van der Waals surface area contributed by atoms with Gasteiger partial charge in [0.05, 0.1) is 11.2 Å². The second-order valence-corrected chi connectivity index (χ2v) is 10.8. The Morgan fingerprint density at radius 1 is 1.17 bits per heavy atom. The van der Waals surface area contributed by atoms with E-state index < -0.39 is 15.4 Å². The number of nitrogens with zero attached hydrogens (tertiary/aromatic N) is 2. The third-order valence-corrected chi connectivity index (χ3v) is 8.43. The highest BCUT2D eigenvalue weighted by Crippen LogP contribution is 2.36. The summed E-state index contributed by atoms with van der Waals surface area (Å²) in [5.74, 6) is 0.855. The Labute approximate surface area is 175 Å². The SMILES string of the molecule is CCS(=O)(=O)N1CCC(C(=O)NCCN2CCCC(C)C2)(c2ccccc2)CC1. The van der Waals surface area contributed by atoms with Crippen LogP contribution in [0, 0.1) is 5.92 Å². The minimum absolute atomic E-state index is 0.0299. The highest BCUT2D eigenvalue weighted by atomic mass is 32.2. The first-order chi connectivity index (χ1) is 13.9. The van der Waals surface area contributed by atoms with E-state index in [1.165, 1.54) is 17.1 Å². The van der Waals surface area contributed by atoms with E-state index in [0.717, 1.165) is 31.1 Å². The zero-order valence-electron chi connectivity index (χ0n) is 17.8. The molecular weight excluding hydrogens is 386 g/mol. The number of carbonyl (C=O) groups is 1. The van der Waals surface area contributed by atoms with Crippen molar-refractivity contribution in [1.29, 1.82) is 0 Å². The van der Waals surface area contributed by atoms with Crippen molar-refractivity contribution in [2.45, 2.75) is 44.9 Å². The number of carbonyl (C=O) groups excluding carboxylic acids is 1. The Bertz CT molecular complexity index is 774. The van der Waals surface area contributed by atoms with E-state index in [1.807, 2.05) is 30.3 Å². The van der Waals surface area contributed by atoms with Gasteiger partial charge >= 0.3 is 0 Å². The number of nitrogens with one attached hydrogen (secondary N) is 1. The van der Waals surface area contributed by atoms with Crippen LogP contribution in [-0.2, 0) is 20.2 Å². The molecule has 1 N–H and O–H groups in total. The van der Waals surface area contributed by atoms with E-state index in [-0.39, 0.29) is 11.7 Å². The lowest BCUT2D eigenvalue weighted by atomic mass is 9.72. The van der Waals surface area contributed by atoms with Crippen LogP contribution >= 0.6 is 0 Å². The average Bonchev–Trinajstić information content (AvgIpc) is 2.74. The third kappa shape index (κ3) is 5.19. The first-order valence-corrected chi connectivity index (χ1v) is 12.5. The van der Waals surface area contributed by atoms with Crippen molar-refractivity contribution in [3.8, 4) is 0 Å². The molecule has 7 heteroatoms. The number of benzene rings is 1. The molecule has 0 aliphatic carbocycles. The summed E-state index contributed by atoms with van der Waals surface area (Å²) in [6.07, 6.45) is 3.55. The smallest absolute Gasteiger partial charge is 0.230 e. The molecule has 0 bridgehead atoms. The Balaban J connectivity index is 1.67. The van der Waals surface area contributed by atoms with Crippen molar-refractivity contribution in [2.75, 3.05) is 45.0 Å². The summed E-state index contributed by atoms with van der Waals surface area (Å²) in [5, 5.41) is 3.17. The molecule has 162 valence electrons. The molecule has 2 aliphatic heterocycles. The highest BCUT2D eigenvalue weighted by molar-refractivity contribution is 7.89. The first-order valence-electron chi connectivity index (χ1n) is 10.9. The molecule has 1 atom stereocenters. The molecule has 1 unspecified atom stereocenters. The molecule has 0 aromatic heterocycles. The molecule has 0 spiro atoms. The van der Waals surface area contributed by atoms with E-state index in [9.17, 15) is 13.2 Å². The van der Waals surface area contributed by atoms with Gasteiger partial charge in [0.1, 0.15) is 0 Å². The van der Waals surface area contributed by atoms with Gasteiger partial charge in [0.15, 0.2) is 0 Å². The van der Waals surface area contributed by atoms with Crippen LogP contribution in [0.1, 0.15) is 45.1 Å². The minimum Gasteiger partial charge on any atom is -0.354 e. The maximum Gasteiger partial charge on any atom is 0.230 e. The average molecular weight is 422 g/mol. The van der Waals surface area contributed by atoms with Crippen molar-refractivity contribution in [2.24, 2.45) is 5.92 Å². The van der Waals surface area contributed by atoms with Gasteiger partial charge in [0.25, 0.3) is 0 Å². The lowest BCUT2D eigenvalue weighted by Gasteiger charge is -2.40. The first kappa shape index (κ1) is 22.2. The van der Waals surface area contributed by atoms with E-state index in [1.54, 1.807) is 6.92 Å². The summed E-state index contributed by atoms with van der Waals surface area (Å²) in [6, 6.07) is 9.85. The Morgan fingerprint density at radius 2 is 1.86 bits per heavy atom. The fourth-order valence-electron chi connectivity index (χ4n) is 4.72. The van der Waals surface area contributed by atoms with Crippen LogP contribution in [0.3, 0.4) is 0 Å². The van der Waals surface area contributed by atoms with Gasteiger partial charge in [-0.15, -0.1) is 0 Å². The zero-order valence-corrected chi connectivity index (χ0v) is 18.6. The van der Waals surface area contributed by atoms with Crippen LogP contribution in [-0.4, -0.2) is 68.6 Å². The van der Waals surface area contributed by atoms with Crippen LogP contribution in [0.4, 0.5) is 0 Å². The van der Waals surface area contributed by atoms with Crippen LogP contribution in [0.25, 0.3) is 0 Å². The van der Waals surface area contributed by atoms with Gasteiger partial charge in [0, 0.05) is 32.7 Å². The molecule has 0 saturated carbocycles. The Kier molecular flexibility index (Phi) is 7.35. The summed E-state index contributed by atoms with van der Waals surface area (Å²) in [5.41, 5.74) is 0.327. The fraction of sp³-hybridized carbons (Fsp3) is 0.682. The van der Waals surface area contributed by atoms with Gasteiger partial charge in [-0.1, -0.05) is 37.3 Å². The van der Waals surface area contributed by atoms with Gasteiger partial charge in [0.2, 0.25) is 15.9 Å². The number of piperidine rings is 2. The van der Waals surface area contributed by atoms with Gasteiger partial charge in [-0.05, 0) is 50.6 Å². The molecule has 2 heterocycles. The zero-order chi connectivity index (χ0) is 20.9. The molecule has 1 aromatic rings. The predicted molar refractivity (Wildman–Crippen MR) is 116 cm³/mol. The maximum atomic E-state index is 13.4. The molecule has 1 amide bonds. The maximum absolute atomic E-state index is 13.4. The molecule has 2 fully saturated rings. The van der Waals surface area contributed by atoms with Gasteiger partial charge in [-0.2, -0.15) is 0 Å². The van der Waals surface area contributed by atoms with Crippen molar-refractivity contribution in [3.05, 3.63) is 35.9 Å². The monoisotopic (exact) mass is 421 g/mol. The Morgan fingerprint density at radius 3 is 2.48 bits per heavy atom. The van der Waals surface area contributed by atoms with Crippen molar-refractivity contribution in [3.63, 3.8) is 0 Å². The molecule has 1 aromatic carbocycles. The molecule has 3 rings (SSSR count). The molecule has 2 saturated heterocycles. The highest BCUT2D eigenvalue weighted by Gasteiger charge is 2.44. The molecular formula is C22H35N3O3S. The number of likely N-dealkylation sites (tertiary alicyclic amines) is 1. The van der Waals surface area contributed by atoms with Gasteiger partial charge in [-0.3, -0.25) is 4.79 Å². The van der Waals surface area contributed by atoms with Crippen molar-refractivity contribution >= 4 is 15.9 Å². The largest absolute Gasteiger partial charge is 0.354 e. The second kappa shape index (κ2) is 9.58. The fourth-order valence-corrected chi connectivity index (χ4v) is 5.82. The molecule has 0 radical (unpaired) electrons. The van der Waals surface area contributed by atoms with E-state index in [4.69, 9.17) is 0 Å². The standard InChI is InChI=1S/C22H35N3O3S/c1-3-29(27,28)25-15-11-22(12-16-25,20-9-5-4-6-10-20)21(26)23-13-17-24-14-7-8-19(2)18-24/h4-6,9-10,19H,3,7-8,11-18H2,1-2H3,(H,23,26). The third-order valence-electron chi connectivity index (χ3n) is 6.55. The lowest BCUT2D eigenvalue weighted by molar-refractivity contribution is -0.128. The van der Waals surface area contributed by atoms with Crippen LogP contribution in [0.5, 0.6) is 0 Å². The predicted octanol–water partition coefficient (Wildman–Crippen LogP) is 2.22. The normalized spacial score (nSPS) is 23.6. The number of rotatable bonds is 7. The van der Waals surface area contributed by atoms with Crippen LogP contribution < -0.4 is 5.32 Å². The summed E-state index contributed by atoms with van der Waals surface area (Å²) < 4.78 is 26.1. The summed E-state index contributed by atoms with van der Waals surface area (Å²) in [6.45, 7) is 8.45. The van der Waals surface area contributed by atoms with Crippen molar-refractivity contribution < 1.29 is 13.2 Å². The number of sulfonamides is 1. The van der Waals surface area contributed by atoms with Gasteiger partial charge < -0.3 is 10.2 Å². The van der Waals surface area contributed by atoms with Crippen molar-refractivity contribution in [1.82, 2.24) is 14.5 Å². The molecule has 2 aliphatic rings. The summed E-state index contributed by atoms with van der Waals surface area (Å²) in [7, 11) is -3.22. The molecule has 29 heavy (non-hydrogen) atoms. The van der Waals surface area contributed by atoms with E-state index >= 15 is 0 Å². The summed E-state index contributed by atoms with van der Waals surface area (Å²) >= 11 is 0. The van der Waals surface area contributed by atoms with E-state index in [0.29, 0.717) is 32.5 Å². The number of hydrogen-bond acceptors (Lipinski definition) is 4. The number of hydrogen-bond donors (Lipinski definition) is 1. The lowest BCUT2D eigenvalue weighted by Crippen LogP contribution is -2.54. The quantitative estimate of drug-likeness (QED) is 0.733. The summed E-state index contributed by atoms with van der Waals surface area (Å²) in [4.78, 5) is 15.8.